The lowest BCUT2D eigenvalue weighted by atomic mass is 10.1. The maximum Gasteiger partial charge on any atom is 0.223 e. The third-order valence-corrected chi connectivity index (χ3v) is 3.39. The molecule has 1 aromatic heterocycles. The van der Waals surface area contributed by atoms with E-state index in [1.54, 1.807) is 0 Å². The zero-order chi connectivity index (χ0) is 11.0. The number of rotatable bonds is 3. The van der Waals surface area contributed by atoms with Gasteiger partial charge in [-0.2, -0.15) is 0 Å². The van der Waals surface area contributed by atoms with E-state index >= 15 is 0 Å². The number of aromatic nitrogens is 2. The Kier molecular flexibility index (Phi) is 2.52. The Morgan fingerprint density at radius 1 is 1.38 bits per heavy atom. The van der Waals surface area contributed by atoms with Crippen LogP contribution >= 0.6 is 0 Å². The highest BCUT2D eigenvalue weighted by atomic mass is 15.1. The van der Waals surface area contributed by atoms with Crippen LogP contribution in [0.3, 0.4) is 0 Å². The van der Waals surface area contributed by atoms with Crippen molar-refractivity contribution in [1.29, 1.82) is 0 Å². The molecule has 86 valence electrons. The number of nitrogens with one attached hydrogen (secondary N) is 2. The average Bonchev–Trinajstić information content (AvgIpc) is 3.10. The first kappa shape index (κ1) is 10.0. The minimum atomic E-state index is 0.824. The van der Waals surface area contributed by atoms with Crippen molar-refractivity contribution in [3.05, 3.63) is 17.0 Å². The van der Waals surface area contributed by atoms with E-state index < -0.39 is 0 Å². The van der Waals surface area contributed by atoms with Crippen LogP contribution in [0, 0.1) is 12.8 Å². The van der Waals surface area contributed by atoms with E-state index in [4.69, 9.17) is 0 Å². The van der Waals surface area contributed by atoms with Crippen LogP contribution in [0.4, 0.5) is 5.95 Å². The zero-order valence-electron chi connectivity index (χ0n) is 9.71. The molecule has 1 fully saturated rings. The molecule has 0 unspecified atom stereocenters. The molecule has 0 bridgehead atoms. The van der Waals surface area contributed by atoms with E-state index in [2.05, 4.69) is 27.5 Å². The van der Waals surface area contributed by atoms with Crippen molar-refractivity contribution in [2.75, 3.05) is 18.4 Å². The highest BCUT2D eigenvalue weighted by Gasteiger charge is 2.21. The molecule has 4 heteroatoms. The fourth-order valence-electron chi connectivity index (χ4n) is 2.15. The molecule has 0 aromatic carbocycles. The van der Waals surface area contributed by atoms with Crippen LogP contribution in [0.25, 0.3) is 0 Å². The zero-order valence-corrected chi connectivity index (χ0v) is 9.71. The topological polar surface area (TPSA) is 49.8 Å². The third kappa shape index (κ3) is 2.02. The molecule has 2 heterocycles. The normalized spacial score (nSPS) is 19.3. The van der Waals surface area contributed by atoms with Gasteiger partial charge in [0.2, 0.25) is 5.95 Å². The van der Waals surface area contributed by atoms with Gasteiger partial charge in [-0.1, -0.05) is 0 Å². The Bertz CT molecular complexity index is 398. The summed E-state index contributed by atoms with van der Waals surface area (Å²) in [4.78, 5) is 9.14. The van der Waals surface area contributed by atoms with Crippen molar-refractivity contribution in [2.24, 2.45) is 5.92 Å². The average molecular weight is 218 g/mol. The number of anilines is 1. The van der Waals surface area contributed by atoms with Crippen LogP contribution in [0.5, 0.6) is 0 Å². The predicted octanol–water partition coefficient (Wildman–Crippen LogP) is 1.25. The maximum atomic E-state index is 4.61. The summed E-state index contributed by atoms with van der Waals surface area (Å²) in [5.41, 5.74) is 3.64. The van der Waals surface area contributed by atoms with E-state index in [-0.39, 0.29) is 0 Å². The lowest BCUT2D eigenvalue weighted by Gasteiger charge is -2.18. The number of fused-ring (bicyclic) bond motifs is 1. The molecular weight excluding hydrogens is 200 g/mol. The molecule has 0 atom stereocenters. The summed E-state index contributed by atoms with van der Waals surface area (Å²) in [6.07, 6.45) is 3.75. The van der Waals surface area contributed by atoms with Crippen LogP contribution in [-0.4, -0.2) is 23.1 Å². The molecule has 0 radical (unpaired) electrons. The molecule has 4 nitrogen and oxygen atoms in total. The monoisotopic (exact) mass is 218 g/mol. The molecule has 2 N–H and O–H groups in total. The van der Waals surface area contributed by atoms with E-state index in [0.29, 0.717) is 0 Å². The number of hydrogen-bond donors (Lipinski definition) is 2. The SMILES string of the molecule is Cc1nc(NCC2CC2)nc2c1CNCC2. The lowest BCUT2D eigenvalue weighted by molar-refractivity contribution is 0.621. The van der Waals surface area contributed by atoms with E-state index in [1.807, 2.05) is 0 Å². The van der Waals surface area contributed by atoms with Crippen molar-refractivity contribution in [3.63, 3.8) is 0 Å². The van der Waals surface area contributed by atoms with Gasteiger partial charge in [-0.15, -0.1) is 0 Å². The third-order valence-electron chi connectivity index (χ3n) is 3.39. The molecule has 0 amide bonds. The molecule has 1 saturated carbocycles. The summed E-state index contributed by atoms with van der Waals surface area (Å²) in [6.45, 7) is 5.07. The molecule has 16 heavy (non-hydrogen) atoms. The number of nitrogens with zero attached hydrogens (tertiary/aromatic N) is 2. The summed E-state index contributed by atoms with van der Waals surface area (Å²) in [5, 5.41) is 6.72. The summed E-state index contributed by atoms with van der Waals surface area (Å²) < 4.78 is 0. The van der Waals surface area contributed by atoms with Gasteiger partial charge >= 0.3 is 0 Å². The van der Waals surface area contributed by atoms with Gasteiger partial charge in [0.05, 0.1) is 5.69 Å². The van der Waals surface area contributed by atoms with Crippen LogP contribution in [0.15, 0.2) is 0 Å². The van der Waals surface area contributed by atoms with Crippen LogP contribution in [-0.2, 0) is 13.0 Å². The highest BCUT2D eigenvalue weighted by molar-refractivity contribution is 5.35. The number of aryl methyl sites for hydroxylation is 1. The first-order valence-electron chi connectivity index (χ1n) is 6.14. The highest BCUT2D eigenvalue weighted by Crippen LogP contribution is 2.28. The van der Waals surface area contributed by atoms with Gasteiger partial charge in [0, 0.05) is 37.3 Å². The van der Waals surface area contributed by atoms with Gasteiger partial charge in [0.1, 0.15) is 0 Å². The molecular formula is C12H18N4. The second-order valence-electron chi connectivity index (χ2n) is 4.81. The molecule has 0 spiro atoms. The van der Waals surface area contributed by atoms with Crippen LogP contribution in [0.2, 0.25) is 0 Å². The molecule has 3 rings (SSSR count). The Hall–Kier alpha value is -1.16. The quantitative estimate of drug-likeness (QED) is 0.801. The second-order valence-corrected chi connectivity index (χ2v) is 4.81. The van der Waals surface area contributed by atoms with Crippen molar-refractivity contribution >= 4 is 5.95 Å². The molecule has 2 aliphatic rings. The second kappa shape index (κ2) is 4.01. The maximum absolute atomic E-state index is 4.61. The molecule has 0 saturated heterocycles. The summed E-state index contributed by atoms with van der Waals surface area (Å²) >= 11 is 0. The first-order valence-corrected chi connectivity index (χ1v) is 6.14. The van der Waals surface area contributed by atoms with Gasteiger partial charge in [-0.25, -0.2) is 9.97 Å². The van der Waals surface area contributed by atoms with Gasteiger partial charge in [-0.3, -0.25) is 0 Å². The summed E-state index contributed by atoms with van der Waals surface area (Å²) in [6, 6.07) is 0. The van der Waals surface area contributed by atoms with Gasteiger partial charge in [0.25, 0.3) is 0 Å². The van der Waals surface area contributed by atoms with Crippen molar-refractivity contribution in [1.82, 2.24) is 15.3 Å². The Labute approximate surface area is 95.9 Å². The Balaban J connectivity index is 1.80. The molecule has 1 aliphatic carbocycles. The molecule has 1 aromatic rings. The van der Waals surface area contributed by atoms with E-state index in [9.17, 15) is 0 Å². The Morgan fingerprint density at radius 3 is 3.06 bits per heavy atom. The fourth-order valence-corrected chi connectivity index (χ4v) is 2.15. The minimum absolute atomic E-state index is 0.824. The smallest absolute Gasteiger partial charge is 0.223 e. The van der Waals surface area contributed by atoms with E-state index in [1.165, 1.54) is 24.1 Å². The van der Waals surface area contributed by atoms with Crippen molar-refractivity contribution in [2.45, 2.75) is 32.7 Å². The van der Waals surface area contributed by atoms with Crippen LogP contribution < -0.4 is 10.6 Å². The lowest BCUT2D eigenvalue weighted by Crippen LogP contribution is -2.26. The van der Waals surface area contributed by atoms with Crippen molar-refractivity contribution in [3.8, 4) is 0 Å². The minimum Gasteiger partial charge on any atom is -0.354 e. The van der Waals surface area contributed by atoms with Gasteiger partial charge in [-0.05, 0) is 25.7 Å². The van der Waals surface area contributed by atoms with Crippen LogP contribution in [0.1, 0.15) is 29.8 Å². The number of hydrogen-bond acceptors (Lipinski definition) is 4. The van der Waals surface area contributed by atoms with Crippen molar-refractivity contribution < 1.29 is 0 Å². The Morgan fingerprint density at radius 2 is 2.25 bits per heavy atom. The predicted molar refractivity (Wildman–Crippen MR) is 63.4 cm³/mol. The summed E-state index contributed by atoms with van der Waals surface area (Å²) in [7, 11) is 0. The van der Waals surface area contributed by atoms with Gasteiger partial charge < -0.3 is 10.6 Å². The van der Waals surface area contributed by atoms with Gasteiger partial charge in [0.15, 0.2) is 0 Å². The fraction of sp³-hybridized carbons (Fsp3) is 0.667. The summed E-state index contributed by atoms with van der Waals surface area (Å²) in [5.74, 6) is 1.69. The molecule has 1 aliphatic heterocycles. The standard InChI is InChI=1S/C12H18N4/c1-8-10-7-13-5-4-11(10)16-12(15-8)14-6-9-2-3-9/h9,13H,2-7H2,1H3,(H,14,15,16). The first-order chi connectivity index (χ1) is 7.83. The van der Waals surface area contributed by atoms with E-state index in [0.717, 1.165) is 43.6 Å². The largest absolute Gasteiger partial charge is 0.354 e.